The number of carbonyl (C=O) groups is 2. The summed E-state index contributed by atoms with van der Waals surface area (Å²) in [5.74, 6) is -1.60. The fraction of sp³-hybridized carbons (Fsp3) is 0.500. The predicted molar refractivity (Wildman–Crippen MR) is 90.6 cm³/mol. The Morgan fingerprint density at radius 1 is 1.29 bits per heavy atom. The molecule has 1 atom stereocenters. The summed E-state index contributed by atoms with van der Waals surface area (Å²) in [6.45, 7) is 7.03. The summed E-state index contributed by atoms with van der Waals surface area (Å²) < 4.78 is 10.7. The van der Waals surface area contributed by atoms with Crippen LogP contribution in [0.15, 0.2) is 24.3 Å². The molecule has 0 saturated carbocycles. The van der Waals surface area contributed by atoms with Crippen LogP contribution in [0.25, 0.3) is 0 Å². The van der Waals surface area contributed by atoms with Gasteiger partial charge in [0.15, 0.2) is 11.7 Å². The van der Waals surface area contributed by atoms with Gasteiger partial charge in [0, 0.05) is 13.0 Å². The number of ketones is 1. The Balaban J connectivity index is 2.64. The lowest BCUT2D eigenvalue weighted by Gasteiger charge is -2.13. The monoisotopic (exact) mass is 332 g/mol. The van der Waals surface area contributed by atoms with Gasteiger partial charge in [-0.15, -0.1) is 0 Å². The van der Waals surface area contributed by atoms with Crippen LogP contribution in [0.3, 0.4) is 0 Å². The minimum absolute atomic E-state index is 0.0332. The molecular weight excluding hydrogens is 308 g/mol. The third-order valence-electron chi connectivity index (χ3n) is 3.10. The van der Waals surface area contributed by atoms with Gasteiger partial charge in [-0.3, -0.25) is 9.59 Å². The van der Waals surface area contributed by atoms with Crippen molar-refractivity contribution in [2.75, 3.05) is 25.1 Å². The predicted octanol–water partition coefficient (Wildman–Crippen LogP) is 2.80. The first-order valence-electron chi connectivity index (χ1n) is 8.02. The summed E-state index contributed by atoms with van der Waals surface area (Å²) in [4.78, 5) is 24.3. The molecule has 1 N–H and O–H groups in total. The number of Topliss-reactive ketones (excluding diaryl/α,β-unsaturated/α-hetero) is 1. The second-order valence-corrected chi connectivity index (χ2v) is 5.67. The highest BCUT2D eigenvalue weighted by Gasteiger charge is 2.26. The number of hydrogen-bond acceptors (Lipinski definition) is 5. The lowest BCUT2D eigenvalue weighted by molar-refractivity contribution is -0.129. The summed E-state index contributed by atoms with van der Waals surface area (Å²) in [6, 6.07) is 8.65. The first kappa shape index (κ1) is 19.7. The Kier molecular flexibility index (Phi) is 8.52. The zero-order valence-electron chi connectivity index (χ0n) is 14.4. The molecule has 6 nitrogen and oxygen atoms in total. The summed E-state index contributed by atoms with van der Waals surface area (Å²) in [5, 5.41) is 11.7. The van der Waals surface area contributed by atoms with Crippen LogP contribution in [0.2, 0.25) is 0 Å². The Bertz CT molecular complexity index is 593. The SMILES string of the molecule is CCOc1ccccc1NC(=O)C(C#N)C(=O)CCOCC(C)C. The van der Waals surface area contributed by atoms with Crippen molar-refractivity contribution in [3.8, 4) is 11.8 Å². The molecule has 130 valence electrons. The topological polar surface area (TPSA) is 88.4 Å². The molecular formula is C18H24N2O4. The smallest absolute Gasteiger partial charge is 0.249 e. The van der Waals surface area contributed by atoms with Gasteiger partial charge < -0.3 is 14.8 Å². The van der Waals surface area contributed by atoms with Crippen LogP contribution in [0.5, 0.6) is 5.75 Å². The maximum atomic E-state index is 12.2. The maximum Gasteiger partial charge on any atom is 0.249 e. The third kappa shape index (κ3) is 6.39. The molecule has 0 aliphatic heterocycles. The maximum absolute atomic E-state index is 12.2. The molecule has 1 aromatic carbocycles. The molecule has 0 aromatic heterocycles. The van der Waals surface area contributed by atoms with Crippen LogP contribution in [0.1, 0.15) is 27.2 Å². The molecule has 1 rings (SSSR count). The Hall–Kier alpha value is -2.39. The average Bonchev–Trinajstić information content (AvgIpc) is 2.54. The van der Waals surface area contributed by atoms with Crippen molar-refractivity contribution in [3.63, 3.8) is 0 Å². The van der Waals surface area contributed by atoms with Gasteiger partial charge in [-0.25, -0.2) is 0 Å². The standard InChI is InChI=1S/C18H24N2O4/c1-4-24-17-8-6-5-7-15(17)20-18(22)14(11-19)16(21)9-10-23-12-13(2)3/h5-8,13-14H,4,9-10,12H2,1-3H3,(H,20,22). The highest BCUT2D eigenvalue weighted by Crippen LogP contribution is 2.24. The second kappa shape index (κ2) is 10.4. The Labute approximate surface area is 142 Å². The Morgan fingerprint density at radius 3 is 2.62 bits per heavy atom. The van der Waals surface area contributed by atoms with Crippen molar-refractivity contribution in [3.05, 3.63) is 24.3 Å². The van der Waals surface area contributed by atoms with Gasteiger partial charge in [0.2, 0.25) is 5.91 Å². The van der Waals surface area contributed by atoms with E-state index in [4.69, 9.17) is 14.7 Å². The lowest BCUT2D eigenvalue weighted by atomic mass is 10.0. The fourth-order valence-corrected chi connectivity index (χ4v) is 1.97. The highest BCUT2D eigenvalue weighted by atomic mass is 16.5. The molecule has 6 heteroatoms. The molecule has 1 aromatic rings. The van der Waals surface area contributed by atoms with Gasteiger partial charge in [0.25, 0.3) is 0 Å². The molecule has 24 heavy (non-hydrogen) atoms. The van der Waals surface area contributed by atoms with Crippen molar-refractivity contribution in [1.82, 2.24) is 0 Å². The second-order valence-electron chi connectivity index (χ2n) is 5.67. The van der Waals surface area contributed by atoms with E-state index in [-0.39, 0.29) is 13.0 Å². The minimum Gasteiger partial charge on any atom is -0.492 e. The van der Waals surface area contributed by atoms with Crippen LogP contribution < -0.4 is 10.1 Å². The number of nitrogens with one attached hydrogen (secondary N) is 1. The molecule has 0 radical (unpaired) electrons. The Morgan fingerprint density at radius 2 is 2.00 bits per heavy atom. The number of benzene rings is 1. The van der Waals surface area contributed by atoms with Gasteiger partial charge in [-0.05, 0) is 25.0 Å². The van der Waals surface area contributed by atoms with Gasteiger partial charge in [0.1, 0.15) is 5.75 Å². The average molecular weight is 332 g/mol. The molecule has 0 aliphatic rings. The number of nitriles is 1. The van der Waals surface area contributed by atoms with Gasteiger partial charge in [-0.2, -0.15) is 5.26 Å². The van der Waals surface area contributed by atoms with Crippen molar-refractivity contribution in [1.29, 1.82) is 5.26 Å². The zero-order valence-corrected chi connectivity index (χ0v) is 14.4. The quantitative estimate of drug-likeness (QED) is 0.526. The largest absolute Gasteiger partial charge is 0.492 e. The summed E-state index contributed by atoms with van der Waals surface area (Å²) in [6.07, 6.45) is 0.0332. The van der Waals surface area contributed by atoms with E-state index in [1.165, 1.54) is 0 Å². The van der Waals surface area contributed by atoms with Gasteiger partial charge >= 0.3 is 0 Å². The number of nitrogens with zero attached hydrogens (tertiary/aromatic N) is 1. The van der Waals surface area contributed by atoms with E-state index in [1.807, 2.05) is 20.8 Å². The van der Waals surface area contributed by atoms with Crippen LogP contribution in [0.4, 0.5) is 5.69 Å². The third-order valence-corrected chi connectivity index (χ3v) is 3.10. The molecule has 1 unspecified atom stereocenters. The molecule has 0 bridgehead atoms. The van der Waals surface area contributed by atoms with E-state index < -0.39 is 17.6 Å². The van der Waals surface area contributed by atoms with Crippen LogP contribution >= 0.6 is 0 Å². The van der Waals surface area contributed by atoms with E-state index >= 15 is 0 Å². The van der Waals surface area contributed by atoms with E-state index in [1.54, 1.807) is 30.3 Å². The number of carbonyl (C=O) groups excluding carboxylic acids is 2. The van der Waals surface area contributed by atoms with E-state index in [2.05, 4.69) is 5.32 Å². The summed E-state index contributed by atoms with van der Waals surface area (Å²) in [7, 11) is 0. The van der Waals surface area contributed by atoms with E-state index in [9.17, 15) is 9.59 Å². The normalized spacial score (nSPS) is 11.6. The lowest BCUT2D eigenvalue weighted by Crippen LogP contribution is -2.29. The van der Waals surface area contributed by atoms with Gasteiger partial charge in [-0.1, -0.05) is 26.0 Å². The molecule has 0 spiro atoms. The van der Waals surface area contributed by atoms with E-state index in [0.717, 1.165) is 0 Å². The fourth-order valence-electron chi connectivity index (χ4n) is 1.97. The van der Waals surface area contributed by atoms with E-state index in [0.29, 0.717) is 30.6 Å². The number of anilines is 1. The van der Waals surface area contributed by atoms with Crippen molar-refractivity contribution >= 4 is 17.4 Å². The van der Waals surface area contributed by atoms with Crippen molar-refractivity contribution in [2.45, 2.75) is 27.2 Å². The highest BCUT2D eigenvalue weighted by molar-refractivity contribution is 6.09. The van der Waals surface area contributed by atoms with Crippen LogP contribution in [-0.4, -0.2) is 31.5 Å². The summed E-state index contributed by atoms with van der Waals surface area (Å²) in [5.41, 5.74) is 0.438. The number of hydrogen-bond donors (Lipinski definition) is 1. The number of amides is 1. The number of para-hydroxylation sites is 2. The zero-order chi connectivity index (χ0) is 17.9. The molecule has 0 aliphatic carbocycles. The number of ether oxygens (including phenoxy) is 2. The van der Waals surface area contributed by atoms with Crippen molar-refractivity contribution in [2.24, 2.45) is 11.8 Å². The first-order chi connectivity index (χ1) is 11.5. The molecule has 0 fully saturated rings. The molecule has 0 saturated heterocycles. The molecule has 0 heterocycles. The van der Waals surface area contributed by atoms with Crippen molar-refractivity contribution < 1.29 is 19.1 Å². The minimum atomic E-state index is -1.36. The first-order valence-corrected chi connectivity index (χ1v) is 8.02. The van der Waals surface area contributed by atoms with Crippen LogP contribution in [0, 0.1) is 23.2 Å². The van der Waals surface area contributed by atoms with Crippen LogP contribution in [-0.2, 0) is 14.3 Å². The van der Waals surface area contributed by atoms with Gasteiger partial charge in [0.05, 0.1) is 25.0 Å². The molecule has 1 amide bonds. The summed E-state index contributed by atoms with van der Waals surface area (Å²) >= 11 is 0. The number of rotatable bonds is 10.